The van der Waals surface area contributed by atoms with Gasteiger partial charge in [0.1, 0.15) is 6.04 Å². The first kappa shape index (κ1) is 21.0. The van der Waals surface area contributed by atoms with Gasteiger partial charge in [-0.2, -0.15) is 0 Å². The lowest BCUT2D eigenvalue weighted by Gasteiger charge is -2.22. The molecular weight excluding hydrogens is 356 g/mol. The van der Waals surface area contributed by atoms with Crippen molar-refractivity contribution < 1.29 is 14.4 Å². The van der Waals surface area contributed by atoms with Gasteiger partial charge in [0.15, 0.2) is 0 Å². The monoisotopic (exact) mass is 382 g/mol. The second kappa shape index (κ2) is 10.1. The molecule has 28 heavy (non-hydrogen) atoms. The molecule has 0 saturated heterocycles. The van der Waals surface area contributed by atoms with Crippen LogP contribution >= 0.6 is 0 Å². The minimum atomic E-state index is -0.739. The van der Waals surface area contributed by atoms with Gasteiger partial charge in [-0.05, 0) is 43.2 Å². The number of benzene rings is 2. The van der Waals surface area contributed by atoms with Gasteiger partial charge in [0.2, 0.25) is 5.91 Å². The molecule has 0 radical (unpaired) electrons. The van der Waals surface area contributed by atoms with Crippen LogP contribution in [0.5, 0.6) is 0 Å². The van der Waals surface area contributed by atoms with E-state index in [-0.39, 0.29) is 17.7 Å². The summed E-state index contributed by atoms with van der Waals surface area (Å²) in [5.41, 5.74) is 1.58. The molecule has 0 aromatic heterocycles. The quantitative estimate of drug-likeness (QED) is 0.592. The number of carbonyl (C=O) groups is 3. The van der Waals surface area contributed by atoms with E-state index in [1.807, 2.05) is 39.0 Å². The molecule has 0 aliphatic rings. The molecule has 0 aliphatic heterocycles. The van der Waals surface area contributed by atoms with Crippen LogP contribution in [0.3, 0.4) is 0 Å². The number of rotatable bonds is 7. The molecular formula is C21H26N4O3. The van der Waals surface area contributed by atoms with Crippen LogP contribution < -0.4 is 21.3 Å². The van der Waals surface area contributed by atoms with Crippen molar-refractivity contribution in [2.45, 2.75) is 26.8 Å². The minimum Gasteiger partial charge on any atom is -0.352 e. The lowest BCUT2D eigenvalue weighted by Crippen LogP contribution is -2.48. The molecule has 0 saturated carbocycles. The highest BCUT2D eigenvalue weighted by molar-refractivity contribution is 6.01. The van der Waals surface area contributed by atoms with Crippen LogP contribution in [0.15, 0.2) is 54.6 Å². The molecule has 2 rings (SSSR count). The summed E-state index contributed by atoms with van der Waals surface area (Å²) in [4.78, 5) is 36.9. The highest BCUT2D eigenvalue weighted by Crippen LogP contribution is 2.13. The normalized spacial score (nSPS) is 11.4. The number of urea groups is 1. The van der Waals surface area contributed by atoms with Crippen molar-refractivity contribution in [1.82, 2.24) is 10.6 Å². The first-order valence-corrected chi connectivity index (χ1v) is 9.22. The van der Waals surface area contributed by atoms with Gasteiger partial charge in [-0.15, -0.1) is 0 Å². The molecule has 0 bridgehead atoms. The molecule has 148 valence electrons. The summed E-state index contributed by atoms with van der Waals surface area (Å²) in [7, 11) is 0. The predicted molar refractivity (Wildman–Crippen MR) is 110 cm³/mol. The summed E-state index contributed by atoms with van der Waals surface area (Å²) in [6.45, 7) is 6.05. The number of nitrogens with one attached hydrogen (secondary N) is 4. The van der Waals surface area contributed by atoms with Gasteiger partial charge in [0.05, 0.1) is 0 Å². The average Bonchev–Trinajstić information content (AvgIpc) is 2.67. The van der Waals surface area contributed by atoms with E-state index in [2.05, 4.69) is 21.3 Å². The van der Waals surface area contributed by atoms with Crippen LogP contribution in [-0.2, 0) is 4.79 Å². The second-order valence-corrected chi connectivity index (χ2v) is 6.62. The third-order valence-electron chi connectivity index (χ3n) is 4.00. The van der Waals surface area contributed by atoms with E-state index in [9.17, 15) is 14.4 Å². The first-order chi connectivity index (χ1) is 13.4. The zero-order chi connectivity index (χ0) is 20.5. The Kier molecular flexibility index (Phi) is 7.56. The second-order valence-electron chi connectivity index (χ2n) is 6.62. The van der Waals surface area contributed by atoms with Crippen LogP contribution in [0, 0.1) is 5.92 Å². The lowest BCUT2D eigenvalue weighted by molar-refractivity contribution is -0.118. The van der Waals surface area contributed by atoms with Gasteiger partial charge in [0, 0.05) is 23.5 Å². The number of para-hydroxylation sites is 1. The standard InChI is InChI=1S/C21H26N4O3/c1-4-22-19(26)15-9-8-12-17(13-15)23-20(27)18(14(2)3)25-21(28)24-16-10-6-5-7-11-16/h5-14,18H,4H2,1-3H3,(H,22,26)(H,23,27)(H2,24,25,28)/t18-/m1/s1. The number of amides is 4. The summed E-state index contributed by atoms with van der Waals surface area (Å²) in [5.74, 6) is -0.696. The van der Waals surface area contributed by atoms with Gasteiger partial charge in [-0.1, -0.05) is 38.1 Å². The van der Waals surface area contributed by atoms with Crippen molar-refractivity contribution in [2.24, 2.45) is 5.92 Å². The molecule has 2 aromatic carbocycles. The van der Waals surface area contributed by atoms with Crippen LogP contribution in [0.25, 0.3) is 0 Å². The van der Waals surface area contributed by atoms with Crippen molar-refractivity contribution in [3.63, 3.8) is 0 Å². The van der Waals surface area contributed by atoms with Crippen LogP contribution in [0.1, 0.15) is 31.1 Å². The van der Waals surface area contributed by atoms with Crippen LogP contribution in [0.4, 0.5) is 16.2 Å². The molecule has 0 aliphatic carbocycles. The van der Waals surface area contributed by atoms with Crippen molar-refractivity contribution in [1.29, 1.82) is 0 Å². The molecule has 0 unspecified atom stereocenters. The highest BCUT2D eigenvalue weighted by atomic mass is 16.2. The SMILES string of the molecule is CCNC(=O)c1cccc(NC(=O)[C@H](NC(=O)Nc2ccccc2)C(C)C)c1. The molecule has 0 spiro atoms. The molecule has 7 heteroatoms. The summed E-state index contributed by atoms with van der Waals surface area (Å²) in [6, 6.07) is 14.5. The molecule has 2 aromatic rings. The van der Waals surface area contributed by atoms with E-state index in [1.165, 1.54) is 0 Å². The summed E-state index contributed by atoms with van der Waals surface area (Å²) in [6.07, 6.45) is 0. The van der Waals surface area contributed by atoms with E-state index >= 15 is 0 Å². The zero-order valence-electron chi connectivity index (χ0n) is 16.3. The van der Waals surface area contributed by atoms with Gasteiger partial charge in [-0.25, -0.2) is 4.79 Å². The third kappa shape index (κ3) is 6.12. The van der Waals surface area contributed by atoms with Crippen LogP contribution in [0.2, 0.25) is 0 Å². The molecule has 1 atom stereocenters. The fourth-order valence-corrected chi connectivity index (χ4v) is 2.59. The minimum absolute atomic E-state index is 0.131. The lowest BCUT2D eigenvalue weighted by atomic mass is 10.0. The Morgan fingerprint density at radius 2 is 1.57 bits per heavy atom. The topological polar surface area (TPSA) is 99.3 Å². The smallest absolute Gasteiger partial charge is 0.319 e. The number of hydrogen-bond acceptors (Lipinski definition) is 3. The van der Waals surface area contributed by atoms with E-state index in [1.54, 1.807) is 36.4 Å². The number of anilines is 2. The highest BCUT2D eigenvalue weighted by Gasteiger charge is 2.24. The fraction of sp³-hybridized carbons (Fsp3) is 0.286. The largest absolute Gasteiger partial charge is 0.352 e. The van der Waals surface area contributed by atoms with E-state index in [0.29, 0.717) is 23.5 Å². The van der Waals surface area contributed by atoms with Crippen molar-refractivity contribution in [2.75, 3.05) is 17.2 Å². The van der Waals surface area contributed by atoms with Gasteiger partial charge in [0.25, 0.3) is 5.91 Å². The van der Waals surface area contributed by atoms with Crippen LogP contribution in [-0.4, -0.2) is 30.4 Å². The van der Waals surface area contributed by atoms with Gasteiger partial charge < -0.3 is 21.3 Å². The molecule has 7 nitrogen and oxygen atoms in total. The number of hydrogen-bond donors (Lipinski definition) is 4. The van der Waals surface area contributed by atoms with Crippen molar-refractivity contribution in [3.05, 3.63) is 60.2 Å². The van der Waals surface area contributed by atoms with Crippen molar-refractivity contribution in [3.8, 4) is 0 Å². The Morgan fingerprint density at radius 1 is 0.893 bits per heavy atom. The first-order valence-electron chi connectivity index (χ1n) is 9.22. The third-order valence-corrected chi connectivity index (χ3v) is 4.00. The van der Waals surface area contributed by atoms with Gasteiger partial charge >= 0.3 is 6.03 Å². The molecule has 4 N–H and O–H groups in total. The number of carbonyl (C=O) groups excluding carboxylic acids is 3. The molecule has 0 fully saturated rings. The average molecular weight is 382 g/mol. The maximum atomic E-state index is 12.7. The molecule has 4 amide bonds. The Morgan fingerprint density at radius 3 is 2.21 bits per heavy atom. The summed E-state index contributed by atoms with van der Waals surface area (Å²) in [5, 5.41) is 10.9. The van der Waals surface area contributed by atoms with Crippen molar-refractivity contribution >= 4 is 29.2 Å². The molecule has 0 heterocycles. The van der Waals surface area contributed by atoms with Gasteiger partial charge in [-0.3, -0.25) is 9.59 Å². The Labute approximate surface area is 164 Å². The maximum Gasteiger partial charge on any atom is 0.319 e. The predicted octanol–water partition coefficient (Wildman–Crippen LogP) is 3.22. The Bertz CT molecular complexity index is 821. The fourth-order valence-electron chi connectivity index (χ4n) is 2.59. The zero-order valence-corrected chi connectivity index (χ0v) is 16.3. The Hall–Kier alpha value is -3.35. The van der Waals surface area contributed by atoms with E-state index in [0.717, 1.165) is 0 Å². The maximum absolute atomic E-state index is 12.7. The van der Waals surface area contributed by atoms with E-state index < -0.39 is 12.1 Å². The summed E-state index contributed by atoms with van der Waals surface area (Å²) >= 11 is 0. The van der Waals surface area contributed by atoms with E-state index in [4.69, 9.17) is 0 Å². The Balaban J connectivity index is 2.03. The summed E-state index contributed by atoms with van der Waals surface area (Å²) < 4.78 is 0.